The van der Waals surface area contributed by atoms with Crippen molar-refractivity contribution in [2.45, 2.75) is 32.7 Å². The fourth-order valence-corrected chi connectivity index (χ4v) is 6.53. The van der Waals surface area contributed by atoms with Crippen LogP contribution in [0.15, 0.2) is 115 Å². The van der Waals surface area contributed by atoms with E-state index >= 15 is 0 Å². The Kier molecular flexibility index (Phi) is 17.5. The van der Waals surface area contributed by atoms with Gasteiger partial charge in [-0.25, -0.2) is 9.59 Å². The first-order valence-electron chi connectivity index (χ1n) is 20.5. The number of benzene rings is 5. The third-order valence-corrected chi connectivity index (χ3v) is 9.83. The predicted molar refractivity (Wildman–Crippen MR) is 244 cm³/mol. The van der Waals surface area contributed by atoms with Gasteiger partial charge in [0.15, 0.2) is 0 Å². The van der Waals surface area contributed by atoms with E-state index in [1.54, 1.807) is 30.1 Å². The minimum atomic E-state index is -0.453. The molecule has 0 bridgehead atoms. The number of carbonyl (C=O) groups excluding carboxylic acids is 2. The summed E-state index contributed by atoms with van der Waals surface area (Å²) < 4.78 is 34.3. The van der Waals surface area contributed by atoms with E-state index in [1.807, 2.05) is 166 Å². The molecule has 13 nitrogen and oxygen atoms in total. The third-order valence-electron chi connectivity index (χ3n) is 9.83. The Bertz CT molecular complexity index is 1980. The summed E-state index contributed by atoms with van der Waals surface area (Å²) in [4.78, 5) is 36.5. The number of rotatable bonds is 22. The molecule has 0 radical (unpaired) electrons. The van der Waals surface area contributed by atoms with Crippen molar-refractivity contribution in [3.8, 4) is 23.0 Å². The van der Waals surface area contributed by atoms with Gasteiger partial charge in [0.05, 0.1) is 14.2 Å². The Labute approximate surface area is 366 Å². The van der Waals surface area contributed by atoms with E-state index in [0.29, 0.717) is 44.2 Å². The first-order valence-corrected chi connectivity index (χ1v) is 20.5. The van der Waals surface area contributed by atoms with Crippen LogP contribution < -0.4 is 28.7 Å². The molecule has 0 fully saturated rings. The number of hydrogen-bond donors (Lipinski definition) is 0. The van der Waals surface area contributed by atoms with Crippen molar-refractivity contribution < 1.29 is 38.0 Å². The fraction of sp³-hybridized carbons (Fsp3) is 0.347. The number of ether oxygens (including phenoxy) is 6. The van der Waals surface area contributed by atoms with Gasteiger partial charge in [0.1, 0.15) is 49.4 Å². The van der Waals surface area contributed by atoms with Crippen LogP contribution in [0, 0.1) is 0 Å². The van der Waals surface area contributed by atoms with E-state index < -0.39 is 12.2 Å². The Morgan fingerprint density at radius 2 is 0.742 bits per heavy atom. The van der Waals surface area contributed by atoms with E-state index in [4.69, 9.17) is 28.4 Å². The van der Waals surface area contributed by atoms with E-state index in [9.17, 15) is 9.59 Å². The highest BCUT2D eigenvalue weighted by atomic mass is 16.6. The van der Waals surface area contributed by atoms with Crippen LogP contribution in [-0.4, -0.2) is 110 Å². The normalized spacial score (nSPS) is 10.8. The van der Waals surface area contributed by atoms with E-state index in [-0.39, 0.29) is 26.4 Å². The first kappa shape index (κ1) is 46.5. The monoisotopic (exact) mass is 847 g/mol. The Morgan fingerprint density at radius 3 is 1.05 bits per heavy atom. The highest BCUT2D eigenvalue weighted by Gasteiger charge is 2.19. The van der Waals surface area contributed by atoms with Gasteiger partial charge in [-0.1, -0.05) is 48.5 Å². The second kappa shape index (κ2) is 23.4. The summed E-state index contributed by atoms with van der Waals surface area (Å²) in [6, 6.07) is 37.1. The topological polar surface area (TPSA) is 106 Å². The van der Waals surface area contributed by atoms with Gasteiger partial charge >= 0.3 is 12.2 Å². The molecule has 0 aliphatic rings. The SMILES string of the molecule is COc1ccc(CN(Cc2ccc(N(C)C)cc2)C(=O)OCCOc2cc(CN(C)C)cc(OCCOC(=O)N(Cc3ccc(OC)cc3)Cc3ccc(N(C)C)cc3)c2)cc1. The van der Waals surface area contributed by atoms with Gasteiger partial charge in [-0.3, -0.25) is 9.80 Å². The molecular formula is C49H61N5O8. The van der Waals surface area contributed by atoms with Crippen LogP contribution >= 0.6 is 0 Å². The molecule has 0 heterocycles. The lowest BCUT2D eigenvalue weighted by Gasteiger charge is -2.23. The number of anilines is 2. The Balaban J connectivity index is 1.17. The summed E-state index contributed by atoms with van der Waals surface area (Å²) >= 11 is 0. The Hall–Kier alpha value is -6.60. The molecule has 0 unspecified atom stereocenters. The highest BCUT2D eigenvalue weighted by molar-refractivity contribution is 5.68. The molecule has 2 amide bonds. The lowest BCUT2D eigenvalue weighted by molar-refractivity contribution is 0.0829. The summed E-state index contributed by atoms with van der Waals surface area (Å²) in [7, 11) is 15.2. The van der Waals surface area contributed by atoms with Crippen molar-refractivity contribution in [1.29, 1.82) is 0 Å². The minimum absolute atomic E-state index is 0.0361. The highest BCUT2D eigenvalue weighted by Crippen LogP contribution is 2.25. The molecule has 0 spiro atoms. The van der Waals surface area contributed by atoms with Gasteiger partial charge in [0.2, 0.25) is 0 Å². The average molecular weight is 848 g/mol. The van der Waals surface area contributed by atoms with Crippen molar-refractivity contribution in [2.75, 3.05) is 92.7 Å². The lowest BCUT2D eigenvalue weighted by atomic mass is 10.1. The predicted octanol–water partition coefficient (Wildman–Crippen LogP) is 8.33. The molecule has 5 rings (SSSR count). The van der Waals surface area contributed by atoms with Gasteiger partial charge in [0.25, 0.3) is 0 Å². The summed E-state index contributed by atoms with van der Waals surface area (Å²) in [5, 5.41) is 0. The molecule has 0 saturated carbocycles. The second-order valence-corrected chi connectivity index (χ2v) is 15.5. The minimum Gasteiger partial charge on any atom is -0.497 e. The molecule has 0 aliphatic carbocycles. The number of hydrogen-bond acceptors (Lipinski definition) is 11. The van der Waals surface area contributed by atoms with Gasteiger partial charge in [0, 0.05) is 78.4 Å². The molecule has 0 aromatic heterocycles. The first-order chi connectivity index (χ1) is 29.9. The smallest absolute Gasteiger partial charge is 0.410 e. The van der Waals surface area contributed by atoms with Crippen LogP contribution in [0.5, 0.6) is 23.0 Å². The quantitative estimate of drug-likeness (QED) is 0.0628. The Morgan fingerprint density at radius 1 is 0.403 bits per heavy atom. The third kappa shape index (κ3) is 14.8. The number of nitrogens with zero attached hydrogens (tertiary/aromatic N) is 5. The van der Waals surface area contributed by atoms with Gasteiger partial charge < -0.3 is 43.1 Å². The van der Waals surface area contributed by atoms with Crippen LogP contribution in [0.1, 0.15) is 27.8 Å². The zero-order valence-electron chi connectivity index (χ0n) is 37.3. The number of methoxy groups -OCH3 is 2. The maximum absolute atomic E-state index is 13.5. The molecule has 0 atom stereocenters. The maximum Gasteiger partial charge on any atom is 0.410 e. The summed E-state index contributed by atoms with van der Waals surface area (Å²) in [6.45, 7) is 2.42. The van der Waals surface area contributed by atoms with Gasteiger partial charge in [-0.05, 0) is 103 Å². The van der Waals surface area contributed by atoms with Crippen LogP contribution in [0.3, 0.4) is 0 Å². The molecule has 5 aromatic rings. The van der Waals surface area contributed by atoms with Crippen LogP contribution in [-0.2, 0) is 42.2 Å². The number of amides is 2. The van der Waals surface area contributed by atoms with E-state index in [1.165, 1.54) is 0 Å². The largest absolute Gasteiger partial charge is 0.497 e. The zero-order chi connectivity index (χ0) is 44.4. The maximum atomic E-state index is 13.5. The van der Waals surface area contributed by atoms with E-state index in [0.717, 1.165) is 50.7 Å². The fourth-order valence-electron chi connectivity index (χ4n) is 6.53. The molecule has 330 valence electrons. The number of carbonyl (C=O) groups is 2. The molecule has 5 aromatic carbocycles. The van der Waals surface area contributed by atoms with E-state index in [2.05, 4.69) is 0 Å². The molecule has 0 aliphatic heterocycles. The lowest BCUT2D eigenvalue weighted by Crippen LogP contribution is -2.31. The van der Waals surface area contributed by atoms with Crippen LogP contribution in [0.4, 0.5) is 21.0 Å². The average Bonchev–Trinajstić information content (AvgIpc) is 3.26. The van der Waals surface area contributed by atoms with Crippen LogP contribution in [0.2, 0.25) is 0 Å². The summed E-state index contributed by atoms with van der Waals surface area (Å²) in [5.74, 6) is 2.61. The standard InChI is InChI=1S/C49H61N5O8/c1-50(2)32-41-29-46(59-25-27-61-48(55)53(35-39-13-21-44(57-7)22-14-39)33-37-9-17-42(18-10-37)51(3)4)31-47(30-41)60-26-28-62-49(56)54(36-40-15-23-45(58-8)24-16-40)34-38-11-19-43(20-12-38)52(5)6/h9-24,29-31H,25-28,32-36H2,1-8H3. The van der Waals surface area contributed by atoms with Crippen molar-refractivity contribution >= 4 is 23.6 Å². The van der Waals surface area contributed by atoms with Gasteiger partial charge in [-0.15, -0.1) is 0 Å². The molecule has 13 heteroatoms. The van der Waals surface area contributed by atoms with Crippen molar-refractivity contribution in [3.63, 3.8) is 0 Å². The molecular weight excluding hydrogens is 787 g/mol. The van der Waals surface area contributed by atoms with Gasteiger partial charge in [-0.2, -0.15) is 0 Å². The van der Waals surface area contributed by atoms with Crippen molar-refractivity contribution in [3.05, 3.63) is 143 Å². The van der Waals surface area contributed by atoms with Crippen molar-refractivity contribution in [2.24, 2.45) is 0 Å². The van der Waals surface area contributed by atoms with Crippen LogP contribution in [0.25, 0.3) is 0 Å². The summed E-state index contributed by atoms with van der Waals surface area (Å²) in [6.07, 6.45) is -0.906. The molecule has 0 saturated heterocycles. The molecule has 0 N–H and O–H groups in total. The summed E-state index contributed by atoms with van der Waals surface area (Å²) in [5.41, 5.74) is 6.96. The molecule has 62 heavy (non-hydrogen) atoms. The second-order valence-electron chi connectivity index (χ2n) is 15.5. The zero-order valence-corrected chi connectivity index (χ0v) is 37.3. The van der Waals surface area contributed by atoms with Crippen molar-refractivity contribution in [1.82, 2.24) is 14.7 Å².